The van der Waals surface area contributed by atoms with Gasteiger partial charge in [-0.3, -0.25) is 14.4 Å². The van der Waals surface area contributed by atoms with E-state index in [-0.39, 0.29) is 24.0 Å². The van der Waals surface area contributed by atoms with Crippen LogP contribution in [0.4, 0.5) is 11.4 Å². The lowest BCUT2D eigenvalue weighted by Gasteiger charge is -2.11. The number of benzene rings is 2. The summed E-state index contributed by atoms with van der Waals surface area (Å²) in [6.07, 6.45) is 1.28. The van der Waals surface area contributed by atoms with E-state index in [0.717, 1.165) is 6.42 Å². The zero-order chi connectivity index (χ0) is 19.8. The Morgan fingerprint density at radius 1 is 0.963 bits per heavy atom. The number of rotatable bonds is 8. The number of ether oxygens (including phenoxy) is 1. The van der Waals surface area contributed by atoms with Crippen LogP contribution in [0.1, 0.15) is 42.6 Å². The van der Waals surface area contributed by atoms with Gasteiger partial charge in [-0.1, -0.05) is 13.0 Å². The van der Waals surface area contributed by atoms with Gasteiger partial charge in [-0.05, 0) is 49.7 Å². The van der Waals surface area contributed by atoms with Crippen LogP contribution in [0.3, 0.4) is 0 Å². The molecule has 0 heterocycles. The number of carbonyl (C=O) groups excluding carboxylic acids is 3. The minimum atomic E-state index is -0.244. The molecule has 2 N–H and O–H groups in total. The minimum Gasteiger partial charge on any atom is -0.496 e. The van der Waals surface area contributed by atoms with Crippen LogP contribution in [0, 0.1) is 0 Å². The molecule has 2 aromatic carbocycles. The van der Waals surface area contributed by atoms with Gasteiger partial charge in [-0.15, -0.1) is 0 Å². The highest BCUT2D eigenvalue weighted by molar-refractivity contribution is 5.97. The van der Waals surface area contributed by atoms with Gasteiger partial charge in [-0.2, -0.15) is 0 Å². The molecule has 0 aliphatic heterocycles. The van der Waals surface area contributed by atoms with Crippen molar-refractivity contribution in [3.05, 3.63) is 53.6 Å². The highest BCUT2D eigenvalue weighted by Crippen LogP contribution is 2.22. The first-order valence-electron chi connectivity index (χ1n) is 8.80. The number of anilines is 2. The first-order valence-corrected chi connectivity index (χ1v) is 8.80. The molecule has 0 aliphatic rings. The Kier molecular flexibility index (Phi) is 7.11. The number of methoxy groups -OCH3 is 1. The lowest BCUT2D eigenvalue weighted by molar-refractivity contribution is -0.116. The van der Waals surface area contributed by atoms with Crippen LogP contribution in [0.5, 0.6) is 5.75 Å². The van der Waals surface area contributed by atoms with E-state index in [9.17, 15) is 14.4 Å². The summed E-state index contributed by atoms with van der Waals surface area (Å²) < 4.78 is 5.28. The molecule has 2 amide bonds. The smallest absolute Gasteiger partial charge is 0.228 e. The molecule has 2 rings (SSSR count). The Morgan fingerprint density at radius 2 is 1.63 bits per heavy atom. The van der Waals surface area contributed by atoms with Gasteiger partial charge in [0.1, 0.15) is 5.75 Å². The molecule has 0 unspecified atom stereocenters. The first-order chi connectivity index (χ1) is 12.9. The van der Waals surface area contributed by atoms with Gasteiger partial charge in [0.15, 0.2) is 5.78 Å². The molecule has 6 nitrogen and oxygen atoms in total. The number of ketones is 1. The second kappa shape index (κ2) is 9.52. The molecule has 2 aromatic rings. The molecule has 6 heteroatoms. The molecule has 142 valence electrons. The predicted octanol–water partition coefficient (Wildman–Crippen LogP) is 3.82. The maximum Gasteiger partial charge on any atom is 0.228 e. The van der Waals surface area contributed by atoms with Crippen LogP contribution in [0.25, 0.3) is 0 Å². The number of Topliss-reactive ketones (excluding diaryl/α,β-unsaturated/α-hetero) is 1. The maximum atomic E-state index is 12.4. The van der Waals surface area contributed by atoms with Crippen molar-refractivity contribution in [1.82, 2.24) is 0 Å². The van der Waals surface area contributed by atoms with E-state index in [1.54, 1.807) is 42.5 Å². The van der Waals surface area contributed by atoms with E-state index in [4.69, 9.17) is 4.74 Å². The molecule has 0 saturated heterocycles. The molecule has 0 bridgehead atoms. The molecule has 0 fully saturated rings. The number of amides is 2. The van der Waals surface area contributed by atoms with Crippen LogP contribution in [-0.4, -0.2) is 24.7 Å². The SMILES string of the molecule is CCCC(=O)Nc1cccc(NC(=O)Cc2cc(C(C)=O)ccc2OC)c1. The standard InChI is InChI=1S/C21H24N2O4/c1-4-6-20(25)22-17-7-5-8-18(13-17)23-21(26)12-16-11-15(14(2)24)9-10-19(16)27-3/h5,7-11,13H,4,6,12H2,1-3H3,(H,22,25)(H,23,26). The Bertz CT molecular complexity index is 846. The summed E-state index contributed by atoms with van der Waals surface area (Å²) in [6, 6.07) is 12.0. The summed E-state index contributed by atoms with van der Waals surface area (Å²) >= 11 is 0. The van der Waals surface area contributed by atoms with Crippen LogP contribution in [0.15, 0.2) is 42.5 Å². The van der Waals surface area contributed by atoms with Crippen molar-refractivity contribution in [2.75, 3.05) is 17.7 Å². The first kappa shape index (κ1) is 20.2. The van der Waals surface area contributed by atoms with Crippen molar-refractivity contribution < 1.29 is 19.1 Å². The van der Waals surface area contributed by atoms with Gasteiger partial charge >= 0.3 is 0 Å². The molecule has 0 saturated carbocycles. The fraction of sp³-hybridized carbons (Fsp3) is 0.286. The topological polar surface area (TPSA) is 84.5 Å². The third-order valence-corrected chi connectivity index (χ3v) is 3.95. The van der Waals surface area contributed by atoms with E-state index in [0.29, 0.717) is 34.7 Å². The number of nitrogens with one attached hydrogen (secondary N) is 2. The van der Waals surface area contributed by atoms with E-state index in [1.165, 1.54) is 14.0 Å². The van der Waals surface area contributed by atoms with Crippen molar-refractivity contribution in [1.29, 1.82) is 0 Å². The monoisotopic (exact) mass is 368 g/mol. The average Bonchev–Trinajstić information content (AvgIpc) is 2.62. The fourth-order valence-corrected chi connectivity index (χ4v) is 2.64. The zero-order valence-electron chi connectivity index (χ0n) is 15.8. The normalized spacial score (nSPS) is 10.2. The number of carbonyl (C=O) groups is 3. The largest absolute Gasteiger partial charge is 0.496 e. The van der Waals surface area contributed by atoms with Crippen LogP contribution < -0.4 is 15.4 Å². The highest BCUT2D eigenvalue weighted by atomic mass is 16.5. The Balaban J connectivity index is 2.09. The molecule has 0 spiro atoms. The second-order valence-corrected chi connectivity index (χ2v) is 6.19. The molecule has 0 aromatic heterocycles. The van der Waals surface area contributed by atoms with Gasteiger partial charge in [0, 0.05) is 28.9 Å². The Morgan fingerprint density at radius 3 is 2.22 bits per heavy atom. The Labute approximate surface area is 158 Å². The van der Waals surface area contributed by atoms with Gasteiger partial charge in [-0.25, -0.2) is 0 Å². The van der Waals surface area contributed by atoms with Crippen molar-refractivity contribution in [3.8, 4) is 5.75 Å². The van der Waals surface area contributed by atoms with Gasteiger partial charge < -0.3 is 15.4 Å². The summed E-state index contributed by atoms with van der Waals surface area (Å²) in [7, 11) is 1.52. The van der Waals surface area contributed by atoms with E-state index >= 15 is 0 Å². The van der Waals surface area contributed by atoms with Gasteiger partial charge in [0.25, 0.3) is 0 Å². The summed E-state index contributed by atoms with van der Waals surface area (Å²) in [6.45, 7) is 3.41. The van der Waals surface area contributed by atoms with Crippen molar-refractivity contribution in [2.24, 2.45) is 0 Å². The summed E-state index contributed by atoms with van der Waals surface area (Å²) in [4.78, 5) is 35.7. The van der Waals surface area contributed by atoms with Gasteiger partial charge in [0.05, 0.1) is 13.5 Å². The van der Waals surface area contributed by atoms with Crippen molar-refractivity contribution in [3.63, 3.8) is 0 Å². The van der Waals surface area contributed by atoms with E-state index in [2.05, 4.69) is 10.6 Å². The lowest BCUT2D eigenvalue weighted by Crippen LogP contribution is -2.16. The zero-order valence-corrected chi connectivity index (χ0v) is 15.8. The van der Waals surface area contributed by atoms with Crippen LogP contribution in [-0.2, 0) is 16.0 Å². The lowest BCUT2D eigenvalue weighted by atomic mass is 10.0. The quantitative estimate of drug-likeness (QED) is 0.694. The predicted molar refractivity (Wildman–Crippen MR) is 105 cm³/mol. The summed E-state index contributed by atoms with van der Waals surface area (Å²) in [5.74, 6) is 0.170. The van der Waals surface area contributed by atoms with Crippen LogP contribution in [0.2, 0.25) is 0 Å². The third-order valence-electron chi connectivity index (χ3n) is 3.95. The summed E-state index contributed by atoms with van der Waals surface area (Å²) in [5, 5.41) is 5.60. The molecular formula is C21H24N2O4. The molecule has 0 radical (unpaired) electrons. The third kappa shape index (κ3) is 5.95. The second-order valence-electron chi connectivity index (χ2n) is 6.19. The maximum absolute atomic E-state index is 12.4. The molecule has 0 aliphatic carbocycles. The number of hydrogen-bond donors (Lipinski definition) is 2. The van der Waals surface area contributed by atoms with Crippen LogP contribution >= 0.6 is 0 Å². The fourth-order valence-electron chi connectivity index (χ4n) is 2.64. The van der Waals surface area contributed by atoms with E-state index in [1.807, 2.05) is 6.92 Å². The highest BCUT2D eigenvalue weighted by Gasteiger charge is 2.12. The summed E-state index contributed by atoms with van der Waals surface area (Å²) in [5.41, 5.74) is 2.37. The molecular weight excluding hydrogens is 344 g/mol. The number of hydrogen-bond acceptors (Lipinski definition) is 4. The Hall–Kier alpha value is -3.15. The van der Waals surface area contributed by atoms with E-state index < -0.39 is 0 Å². The van der Waals surface area contributed by atoms with Crippen molar-refractivity contribution >= 4 is 29.0 Å². The van der Waals surface area contributed by atoms with Crippen molar-refractivity contribution in [2.45, 2.75) is 33.1 Å². The minimum absolute atomic E-state index is 0.0632. The molecule has 27 heavy (non-hydrogen) atoms. The molecule has 0 atom stereocenters. The van der Waals surface area contributed by atoms with Gasteiger partial charge in [0.2, 0.25) is 11.8 Å². The average molecular weight is 368 g/mol.